The minimum atomic E-state index is -4.79. The molecule has 0 saturated heterocycles. The lowest BCUT2D eigenvalue weighted by molar-refractivity contribution is -0.138. The van der Waals surface area contributed by atoms with E-state index in [1.54, 1.807) is 0 Å². The van der Waals surface area contributed by atoms with Crippen LogP contribution in [0.5, 0.6) is 0 Å². The lowest BCUT2D eigenvalue weighted by Crippen LogP contribution is -2.24. The molecule has 0 amide bonds. The van der Waals surface area contributed by atoms with Gasteiger partial charge in [-0.1, -0.05) is 0 Å². The second-order valence-corrected chi connectivity index (χ2v) is 3.08. The molecule has 10 heteroatoms. The third kappa shape index (κ3) is 3.66. The van der Waals surface area contributed by atoms with Crippen LogP contribution in [0.15, 0.2) is 23.6 Å². The fourth-order valence-corrected chi connectivity index (χ4v) is 0.983. The number of hydrogen-bond donors (Lipinski definition) is 2. The number of carboxylic acid groups (broad SMARTS) is 1. The summed E-state index contributed by atoms with van der Waals surface area (Å²) in [5, 5.41) is 11.0. The van der Waals surface area contributed by atoms with Crippen molar-refractivity contribution < 1.29 is 32.7 Å². The summed E-state index contributed by atoms with van der Waals surface area (Å²) in [6, 6.07) is 0.570. The Kier molecular flexibility index (Phi) is 4.04. The molecule has 7 nitrogen and oxygen atoms in total. The van der Waals surface area contributed by atoms with E-state index < -0.39 is 35.1 Å². The minimum Gasteiger partial charge on any atom is -0.475 e. The molecule has 1 aromatic heterocycles. The maximum Gasteiger partial charge on any atom is 0.417 e. The lowest BCUT2D eigenvalue weighted by Gasteiger charge is -2.09. The Morgan fingerprint density at radius 1 is 1.42 bits per heavy atom. The van der Waals surface area contributed by atoms with E-state index in [2.05, 4.69) is 15.0 Å². The standard InChI is InChI=1S/C9H6F3N3O4/c10-9(11,12)5-1-2-14-3-4(5)8(18)19-15-6(13)7(16)17/h1-3H,(H2,13,15)(H,16,17). The number of carbonyl (C=O) groups is 2. The van der Waals surface area contributed by atoms with Crippen molar-refractivity contribution in [1.29, 1.82) is 0 Å². The van der Waals surface area contributed by atoms with Crippen LogP contribution in [0.1, 0.15) is 15.9 Å². The first kappa shape index (κ1) is 14.4. The summed E-state index contributed by atoms with van der Waals surface area (Å²) in [6.45, 7) is 0. The largest absolute Gasteiger partial charge is 0.475 e. The summed E-state index contributed by atoms with van der Waals surface area (Å²) in [6.07, 6.45) is -3.33. The highest BCUT2D eigenvalue weighted by atomic mass is 19.4. The van der Waals surface area contributed by atoms with Gasteiger partial charge in [-0.25, -0.2) is 9.59 Å². The third-order valence-electron chi connectivity index (χ3n) is 1.79. The third-order valence-corrected chi connectivity index (χ3v) is 1.79. The molecule has 0 aliphatic carbocycles. The molecule has 0 unspecified atom stereocenters. The number of rotatable bonds is 2. The normalized spacial score (nSPS) is 12.1. The predicted molar refractivity (Wildman–Crippen MR) is 53.9 cm³/mol. The zero-order chi connectivity index (χ0) is 14.6. The number of nitrogens with two attached hydrogens (primary N) is 1. The van der Waals surface area contributed by atoms with Crippen molar-refractivity contribution in [3.8, 4) is 0 Å². The summed E-state index contributed by atoms with van der Waals surface area (Å²) in [7, 11) is 0. The number of halogens is 3. The zero-order valence-corrected chi connectivity index (χ0v) is 9.01. The van der Waals surface area contributed by atoms with Gasteiger partial charge in [-0.3, -0.25) is 4.98 Å². The summed E-state index contributed by atoms with van der Waals surface area (Å²) in [5.41, 5.74) is 2.62. The SMILES string of the molecule is NC(=NOC(=O)c1cnccc1C(F)(F)F)C(=O)O. The number of amidine groups is 1. The van der Waals surface area contributed by atoms with Gasteiger partial charge in [0.15, 0.2) is 0 Å². The van der Waals surface area contributed by atoms with Crippen molar-refractivity contribution in [3.05, 3.63) is 29.6 Å². The Hall–Kier alpha value is -2.65. The number of aliphatic carboxylic acids is 1. The Morgan fingerprint density at radius 3 is 2.58 bits per heavy atom. The average Bonchev–Trinajstić information content (AvgIpc) is 2.34. The Morgan fingerprint density at radius 2 is 2.05 bits per heavy atom. The molecule has 0 saturated carbocycles. The van der Waals surface area contributed by atoms with Crippen LogP contribution < -0.4 is 5.73 Å². The first-order valence-electron chi connectivity index (χ1n) is 4.52. The molecule has 0 aromatic carbocycles. The maximum absolute atomic E-state index is 12.5. The summed E-state index contributed by atoms with van der Waals surface area (Å²) in [5.74, 6) is -4.29. The first-order valence-corrected chi connectivity index (χ1v) is 4.52. The number of carbonyl (C=O) groups excluding carboxylic acids is 1. The molecule has 1 rings (SSSR count). The van der Waals surface area contributed by atoms with E-state index in [-0.39, 0.29) is 0 Å². The van der Waals surface area contributed by atoms with Gasteiger partial charge in [-0.05, 0) is 11.2 Å². The molecule has 0 bridgehead atoms. The van der Waals surface area contributed by atoms with Crippen molar-refractivity contribution in [2.45, 2.75) is 6.18 Å². The van der Waals surface area contributed by atoms with Crippen LogP contribution in [-0.2, 0) is 15.8 Å². The number of aromatic nitrogens is 1. The quantitative estimate of drug-likeness (QED) is 0.354. The molecule has 0 spiro atoms. The molecule has 19 heavy (non-hydrogen) atoms. The van der Waals surface area contributed by atoms with Crippen LogP contribution in [0.4, 0.5) is 13.2 Å². The second-order valence-electron chi connectivity index (χ2n) is 3.08. The molecule has 0 radical (unpaired) electrons. The molecule has 0 aliphatic heterocycles. The highest BCUT2D eigenvalue weighted by molar-refractivity contribution is 6.33. The van der Waals surface area contributed by atoms with Crippen molar-refractivity contribution in [1.82, 2.24) is 4.98 Å². The molecule has 0 fully saturated rings. The number of oxime groups is 1. The van der Waals surface area contributed by atoms with Gasteiger partial charge in [0.2, 0.25) is 5.84 Å². The van der Waals surface area contributed by atoms with E-state index in [0.29, 0.717) is 12.3 Å². The van der Waals surface area contributed by atoms with E-state index in [4.69, 9.17) is 10.8 Å². The summed E-state index contributed by atoms with van der Waals surface area (Å²) >= 11 is 0. The number of carboxylic acids is 1. The van der Waals surface area contributed by atoms with Crippen molar-refractivity contribution in [2.75, 3.05) is 0 Å². The van der Waals surface area contributed by atoms with Crippen molar-refractivity contribution in [3.63, 3.8) is 0 Å². The molecule has 0 atom stereocenters. The van der Waals surface area contributed by atoms with Crippen LogP contribution in [0.25, 0.3) is 0 Å². The Bertz CT molecular complexity index is 542. The zero-order valence-electron chi connectivity index (χ0n) is 9.01. The van der Waals surface area contributed by atoms with Gasteiger partial charge >= 0.3 is 18.1 Å². The van der Waals surface area contributed by atoms with Crippen molar-refractivity contribution >= 4 is 17.8 Å². The van der Waals surface area contributed by atoms with Crippen molar-refractivity contribution in [2.24, 2.45) is 10.9 Å². The number of alkyl halides is 3. The smallest absolute Gasteiger partial charge is 0.417 e. The number of nitrogens with zero attached hydrogens (tertiary/aromatic N) is 2. The Balaban J connectivity index is 3.02. The number of pyridine rings is 1. The number of hydrogen-bond acceptors (Lipinski definition) is 5. The van der Waals surface area contributed by atoms with Gasteiger partial charge in [0.1, 0.15) is 0 Å². The molecule has 1 aromatic rings. The van der Waals surface area contributed by atoms with Gasteiger partial charge in [0, 0.05) is 12.4 Å². The highest BCUT2D eigenvalue weighted by Crippen LogP contribution is 2.31. The molecule has 1 heterocycles. The van der Waals surface area contributed by atoms with E-state index in [1.165, 1.54) is 0 Å². The van der Waals surface area contributed by atoms with Crippen LogP contribution in [-0.4, -0.2) is 27.9 Å². The summed E-state index contributed by atoms with van der Waals surface area (Å²) in [4.78, 5) is 28.9. The fourth-order valence-electron chi connectivity index (χ4n) is 0.983. The second kappa shape index (κ2) is 5.33. The Labute approximate surface area is 103 Å². The van der Waals surface area contributed by atoms with Gasteiger partial charge < -0.3 is 15.7 Å². The van der Waals surface area contributed by atoms with Gasteiger partial charge in [0.05, 0.1) is 11.1 Å². The summed E-state index contributed by atoms with van der Waals surface area (Å²) < 4.78 is 37.6. The molecule has 3 N–H and O–H groups in total. The molecule has 0 aliphatic rings. The molecular weight excluding hydrogens is 271 g/mol. The van der Waals surface area contributed by atoms with E-state index in [1.807, 2.05) is 0 Å². The van der Waals surface area contributed by atoms with Gasteiger partial charge in [0.25, 0.3) is 0 Å². The van der Waals surface area contributed by atoms with Crippen LogP contribution in [0.3, 0.4) is 0 Å². The van der Waals surface area contributed by atoms with Crippen LogP contribution in [0, 0.1) is 0 Å². The van der Waals surface area contributed by atoms with E-state index in [9.17, 15) is 22.8 Å². The van der Waals surface area contributed by atoms with Crippen LogP contribution in [0.2, 0.25) is 0 Å². The minimum absolute atomic E-state index is 0.570. The van der Waals surface area contributed by atoms with E-state index >= 15 is 0 Å². The lowest BCUT2D eigenvalue weighted by atomic mass is 10.1. The van der Waals surface area contributed by atoms with Crippen LogP contribution >= 0.6 is 0 Å². The highest BCUT2D eigenvalue weighted by Gasteiger charge is 2.35. The average molecular weight is 277 g/mol. The van der Waals surface area contributed by atoms with Gasteiger partial charge in [-0.2, -0.15) is 13.2 Å². The van der Waals surface area contributed by atoms with E-state index in [0.717, 1.165) is 6.20 Å². The monoisotopic (exact) mass is 277 g/mol. The predicted octanol–water partition coefficient (Wildman–Crippen LogP) is 0.614. The first-order chi connectivity index (χ1) is 8.73. The topological polar surface area (TPSA) is 115 Å². The molecule has 102 valence electrons. The maximum atomic E-state index is 12.5. The fraction of sp³-hybridized carbons (Fsp3) is 0.111. The molecular formula is C9H6F3N3O4. The van der Waals surface area contributed by atoms with Gasteiger partial charge in [-0.15, -0.1) is 0 Å².